The quantitative estimate of drug-likeness (QED) is 0.344. The van der Waals surface area contributed by atoms with E-state index in [0.29, 0.717) is 12.1 Å². The summed E-state index contributed by atoms with van der Waals surface area (Å²) in [6.45, 7) is 2.53. The molecule has 2 bridgehead atoms. The number of aliphatic imine (C=N–C) groups is 1. The zero-order chi connectivity index (χ0) is 18.8. The summed E-state index contributed by atoms with van der Waals surface area (Å²) in [7, 11) is 3.59. The average Bonchev–Trinajstić information content (AvgIpc) is 3.43. The van der Waals surface area contributed by atoms with Gasteiger partial charge in [-0.15, -0.1) is 24.0 Å². The number of carbonyl (C=O) groups excluding carboxylic acids is 1. The van der Waals surface area contributed by atoms with E-state index in [2.05, 4.69) is 20.5 Å². The zero-order valence-corrected chi connectivity index (χ0v) is 19.9. The molecular weight excluding hydrogens is 465 g/mol. The van der Waals surface area contributed by atoms with Gasteiger partial charge < -0.3 is 15.5 Å². The van der Waals surface area contributed by atoms with E-state index >= 15 is 0 Å². The first-order chi connectivity index (χ1) is 13.1. The van der Waals surface area contributed by atoms with Gasteiger partial charge in [0.15, 0.2) is 5.96 Å². The largest absolute Gasteiger partial charge is 0.353 e. The van der Waals surface area contributed by atoms with E-state index in [0.717, 1.165) is 30.4 Å². The lowest BCUT2D eigenvalue weighted by Gasteiger charge is -2.27. The molecule has 3 saturated carbocycles. The third-order valence-electron chi connectivity index (χ3n) is 7.33. The molecule has 0 aromatic heterocycles. The van der Waals surface area contributed by atoms with Crippen LogP contribution in [-0.4, -0.2) is 73.5 Å². The van der Waals surface area contributed by atoms with Gasteiger partial charge in [0.25, 0.3) is 0 Å². The summed E-state index contributed by atoms with van der Waals surface area (Å²) >= 11 is 0. The third kappa shape index (κ3) is 5.32. The van der Waals surface area contributed by atoms with Gasteiger partial charge in [-0.05, 0) is 50.4 Å². The minimum absolute atomic E-state index is 0. The SMILES string of the molecule is CN(C)C(=O)CN=C(NC1CCN(C2CCCC2)C1)NC1CC2CCC1C2.I. The van der Waals surface area contributed by atoms with E-state index in [1.54, 1.807) is 19.0 Å². The first kappa shape index (κ1) is 22.1. The van der Waals surface area contributed by atoms with Crippen molar-refractivity contribution in [2.24, 2.45) is 16.8 Å². The highest BCUT2D eigenvalue weighted by Crippen LogP contribution is 2.44. The number of guanidine groups is 1. The van der Waals surface area contributed by atoms with Crippen molar-refractivity contribution >= 4 is 35.8 Å². The predicted octanol–water partition coefficient (Wildman–Crippen LogP) is 2.43. The minimum atomic E-state index is 0. The number of rotatable bonds is 5. The normalized spacial score (nSPS) is 33.1. The molecule has 0 aromatic carbocycles. The summed E-state index contributed by atoms with van der Waals surface area (Å²) in [6, 6.07) is 1.78. The van der Waals surface area contributed by atoms with Crippen LogP contribution in [0.5, 0.6) is 0 Å². The minimum Gasteiger partial charge on any atom is -0.353 e. The molecule has 6 nitrogen and oxygen atoms in total. The van der Waals surface area contributed by atoms with Crippen LogP contribution in [0.15, 0.2) is 4.99 Å². The lowest BCUT2D eigenvalue weighted by Crippen LogP contribution is -2.50. The Labute approximate surface area is 187 Å². The second kappa shape index (κ2) is 9.96. The Balaban J connectivity index is 0.00000225. The monoisotopic (exact) mass is 503 g/mol. The Morgan fingerprint density at radius 1 is 1.07 bits per heavy atom. The van der Waals surface area contributed by atoms with Crippen LogP contribution in [0, 0.1) is 11.8 Å². The highest BCUT2D eigenvalue weighted by molar-refractivity contribution is 14.0. The van der Waals surface area contributed by atoms with Gasteiger partial charge >= 0.3 is 0 Å². The average molecular weight is 503 g/mol. The maximum Gasteiger partial charge on any atom is 0.243 e. The van der Waals surface area contributed by atoms with Gasteiger partial charge in [0, 0.05) is 45.3 Å². The number of amides is 1. The molecule has 28 heavy (non-hydrogen) atoms. The van der Waals surface area contributed by atoms with Crippen molar-refractivity contribution in [1.82, 2.24) is 20.4 Å². The second-order valence-electron chi connectivity index (χ2n) is 9.44. The van der Waals surface area contributed by atoms with E-state index < -0.39 is 0 Å². The molecule has 0 aromatic rings. The van der Waals surface area contributed by atoms with Crippen LogP contribution in [0.1, 0.15) is 57.8 Å². The Morgan fingerprint density at radius 2 is 1.86 bits per heavy atom. The standard InChI is InChI=1S/C21H37N5O.HI/c1-25(2)20(27)13-22-21(24-19-12-15-7-8-16(19)11-15)23-17-9-10-26(14-17)18-5-3-4-6-18;/h15-19H,3-14H2,1-2H3,(H2,22,23,24);1H. The van der Waals surface area contributed by atoms with Gasteiger partial charge in [-0.2, -0.15) is 0 Å². The highest BCUT2D eigenvalue weighted by atomic mass is 127. The van der Waals surface area contributed by atoms with E-state index in [1.807, 2.05) is 0 Å². The van der Waals surface area contributed by atoms with Crippen molar-refractivity contribution in [3.05, 3.63) is 0 Å². The predicted molar refractivity (Wildman–Crippen MR) is 124 cm³/mol. The molecule has 4 rings (SSSR count). The fraction of sp³-hybridized carbons (Fsp3) is 0.905. The first-order valence-electron chi connectivity index (χ1n) is 11.1. The van der Waals surface area contributed by atoms with Crippen molar-refractivity contribution in [3.63, 3.8) is 0 Å². The van der Waals surface area contributed by atoms with E-state index in [4.69, 9.17) is 0 Å². The Bertz CT molecular complexity index is 563. The number of fused-ring (bicyclic) bond motifs is 2. The second-order valence-corrected chi connectivity index (χ2v) is 9.44. The fourth-order valence-electron chi connectivity index (χ4n) is 5.72. The molecule has 7 heteroatoms. The molecule has 1 amide bonds. The number of likely N-dealkylation sites (N-methyl/N-ethyl adjacent to an activating group) is 1. The van der Waals surface area contributed by atoms with Gasteiger partial charge in [-0.25, -0.2) is 4.99 Å². The lowest BCUT2D eigenvalue weighted by atomic mass is 9.95. The van der Waals surface area contributed by atoms with Crippen LogP contribution in [-0.2, 0) is 4.79 Å². The maximum absolute atomic E-state index is 12.0. The number of halogens is 1. The molecule has 1 saturated heterocycles. The molecule has 4 atom stereocenters. The molecule has 4 fully saturated rings. The van der Waals surface area contributed by atoms with E-state index in [-0.39, 0.29) is 36.4 Å². The molecule has 4 aliphatic rings. The number of carbonyl (C=O) groups is 1. The van der Waals surface area contributed by atoms with Crippen LogP contribution >= 0.6 is 24.0 Å². The van der Waals surface area contributed by atoms with Crippen molar-refractivity contribution in [1.29, 1.82) is 0 Å². The number of hydrogen-bond donors (Lipinski definition) is 2. The summed E-state index contributed by atoms with van der Waals surface area (Å²) in [5, 5.41) is 7.38. The summed E-state index contributed by atoms with van der Waals surface area (Å²) in [5.74, 6) is 2.62. The molecule has 160 valence electrons. The van der Waals surface area contributed by atoms with Crippen LogP contribution in [0.3, 0.4) is 0 Å². The number of hydrogen-bond acceptors (Lipinski definition) is 3. The molecule has 0 radical (unpaired) electrons. The molecule has 3 aliphatic carbocycles. The third-order valence-corrected chi connectivity index (χ3v) is 7.33. The van der Waals surface area contributed by atoms with Crippen LogP contribution in [0.25, 0.3) is 0 Å². The molecule has 1 aliphatic heterocycles. The summed E-state index contributed by atoms with van der Waals surface area (Å²) in [5.41, 5.74) is 0. The topological polar surface area (TPSA) is 60.0 Å². The van der Waals surface area contributed by atoms with Crippen molar-refractivity contribution in [3.8, 4) is 0 Å². The van der Waals surface area contributed by atoms with E-state index in [9.17, 15) is 4.79 Å². The smallest absolute Gasteiger partial charge is 0.243 e. The Hall–Kier alpha value is -0.570. The van der Waals surface area contributed by atoms with Crippen LogP contribution in [0.2, 0.25) is 0 Å². The summed E-state index contributed by atoms with van der Waals surface area (Å²) < 4.78 is 0. The Kier molecular flexibility index (Phi) is 7.87. The van der Waals surface area contributed by atoms with Crippen molar-refractivity contribution in [2.45, 2.75) is 75.9 Å². The van der Waals surface area contributed by atoms with Crippen molar-refractivity contribution < 1.29 is 4.79 Å². The molecule has 0 spiro atoms. The summed E-state index contributed by atoms with van der Waals surface area (Å²) in [4.78, 5) is 21.0. The van der Waals surface area contributed by atoms with Crippen molar-refractivity contribution in [2.75, 3.05) is 33.7 Å². The summed E-state index contributed by atoms with van der Waals surface area (Å²) in [6.07, 6.45) is 12.1. The van der Waals surface area contributed by atoms with Gasteiger partial charge in [0.1, 0.15) is 6.54 Å². The molecule has 1 heterocycles. The Morgan fingerprint density at radius 3 is 2.50 bits per heavy atom. The highest BCUT2D eigenvalue weighted by Gasteiger charge is 2.40. The van der Waals surface area contributed by atoms with Gasteiger partial charge in [-0.1, -0.05) is 19.3 Å². The number of nitrogens with zero attached hydrogens (tertiary/aromatic N) is 3. The fourth-order valence-corrected chi connectivity index (χ4v) is 5.72. The van der Waals surface area contributed by atoms with Crippen LogP contribution < -0.4 is 10.6 Å². The number of likely N-dealkylation sites (tertiary alicyclic amines) is 1. The van der Waals surface area contributed by atoms with Gasteiger partial charge in [-0.3, -0.25) is 9.69 Å². The number of nitrogens with one attached hydrogen (secondary N) is 2. The molecule has 4 unspecified atom stereocenters. The first-order valence-corrected chi connectivity index (χ1v) is 11.1. The van der Waals surface area contributed by atoms with Gasteiger partial charge in [0.05, 0.1) is 0 Å². The lowest BCUT2D eigenvalue weighted by molar-refractivity contribution is -0.127. The van der Waals surface area contributed by atoms with Crippen LogP contribution in [0.4, 0.5) is 0 Å². The van der Waals surface area contributed by atoms with E-state index in [1.165, 1.54) is 64.3 Å². The zero-order valence-electron chi connectivity index (χ0n) is 17.5. The molecule has 2 N–H and O–H groups in total. The molecular formula is C21H38IN5O. The maximum atomic E-state index is 12.0. The van der Waals surface area contributed by atoms with Gasteiger partial charge in [0.2, 0.25) is 5.91 Å².